The molecule has 0 aliphatic heterocycles. The number of hydrogen-bond donors (Lipinski definition) is 2. The maximum Gasteiger partial charge on any atom is 0.125 e. The van der Waals surface area contributed by atoms with E-state index in [0.29, 0.717) is 26.1 Å². The molecule has 4 nitrogen and oxygen atoms in total. The summed E-state index contributed by atoms with van der Waals surface area (Å²) >= 11 is 0. The van der Waals surface area contributed by atoms with E-state index in [0.717, 1.165) is 11.3 Å². The zero-order chi connectivity index (χ0) is 12.3. The topological polar surface area (TPSA) is 64.7 Å². The highest BCUT2D eigenvalue weighted by molar-refractivity contribution is 5.39. The maximum absolute atomic E-state index is 10.4. The molecule has 0 atom stereocenters. The van der Waals surface area contributed by atoms with Gasteiger partial charge in [0.15, 0.2) is 0 Å². The molecule has 2 rings (SSSR count). The Morgan fingerprint density at radius 1 is 1.35 bits per heavy atom. The molecule has 1 aromatic carbocycles. The number of ether oxygens (including phenoxy) is 2. The zero-order valence-electron chi connectivity index (χ0n) is 10.1. The van der Waals surface area contributed by atoms with E-state index in [4.69, 9.17) is 15.2 Å². The molecule has 0 bridgehead atoms. The predicted octanol–water partition coefficient (Wildman–Crippen LogP) is 1.02. The smallest absolute Gasteiger partial charge is 0.125 e. The third-order valence-corrected chi connectivity index (χ3v) is 3.13. The van der Waals surface area contributed by atoms with Crippen LogP contribution in [0.2, 0.25) is 0 Å². The van der Waals surface area contributed by atoms with Crippen molar-refractivity contribution in [2.45, 2.75) is 24.5 Å². The van der Waals surface area contributed by atoms with Crippen LogP contribution < -0.4 is 10.5 Å². The van der Waals surface area contributed by atoms with Gasteiger partial charge in [-0.15, -0.1) is 0 Å². The van der Waals surface area contributed by atoms with Gasteiger partial charge in [-0.25, -0.2) is 0 Å². The van der Waals surface area contributed by atoms with Crippen molar-refractivity contribution < 1.29 is 14.6 Å². The van der Waals surface area contributed by atoms with Crippen LogP contribution in [0.5, 0.6) is 5.75 Å². The predicted molar refractivity (Wildman–Crippen MR) is 64.9 cm³/mol. The van der Waals surface area contributed by atoms with Crippen molar-refractivity contribution >= 4 is 0 Å². The number of rotatable bonds is 5. The van der Waals surface area contributed by atoms with E-state index in [1.807, 2.05) is 24.3 Å². The molecule has 1 aliphatic carbocycles. The summed E-state index contributed by atoms with van der Waals surface area (Å²) in [7, 11) is 1.63. The Bertz CT molecular complexity index is 375. The van der Waals surface area contributed by atoms with Crippen molar-refractivity contribution in [3.8, 4) is 5.75 Å². The average Bonchev–Trinajstić information content (AvgIpc) is 2.28. The molecule has 4 heteroatoms. The van der Waals surface area contributed by atoms with Crippen LogP contribution in [0.25, 0.3) is 0 Å². The van der Waals surface area contributed by atoms with Crippen molar-refractivity contribution in [3.05, 3.63) is 29.8 Å². The van der Waals surface area contributed by atoms with Gasteiger partial charge in [-0.1, -0.05) is 18.2 Å². The highest BCUT2D eigenvalue weighted by Crippen LogP contribution is 2.44. The molecule has 1 aromatic rings. The molecule has 1 fully saturated rings. The van der Waals surface area contributed by atoms with E-state index in [9.17, 15) is 5.11 Å². The number of hydrogen-bond acceptors (Lipinski definition) is 4. The first kappa shape index (κ1) is 12.4. The van der Waals surface area contributed by atoms with Crippen molar-refractivity contribution in [1.82, 2.24) is 0 Å². The number of aliphatic hydroxyl groups is 1. The Kier molecular flexibility index (Phi) is 3.66. The second-order valence-electron chi connectivity index (χ2n) is 4.54. The van der Waals surface area contributed by atoms with Crippen LogP contribution in [0.3, 0.4) is 0 Å². The first-order valence-corrected chi connectivity index (χ1v) is 5.85. The van der Waals surface area contributed by atoms with Crippen LogP contribution in [0.15, 0.2) is 24.3 Å². The summed E-state index contributed by atoms with van der Waals surface area (Å²) in [6.45, 7) is 1.02. The first-order valence-electron chi connectivity index (χ1n) is 5.85. The monoisotopic (exact) mass is 237 g/mol. The lowest BCUT2D eigenvalue weighted by atomic mass is 9.71. The van der Waals surface area contributed by atoms with Gasteiger partial charge in [-0.3, -0.25) is 0 Å². The molecule has 0 radical (unpaired) electrons. The Balaban J connectivity index is 2.11. The van der Waals surface area contributed by atoms with Crippen LogP contribution in [0, 0.1) is 0 Å². The Hall–Kier alpha value is -1.10. The molecule has 0 amide bonds. The fourth-order valence-electron chi connectivity index (χ4n) is 2.24. The molecule has 0 unspecified atom stereocenters. The van der Waals surface area contributed by atoms with Gasteiger partial charge in [0.1, 0.15) is 12.4 Å². The molecule has 0 aromatic heterocycles. The third-order valence-electron chi connectivity index (χ3n) is 3.13. The van der Waals surface area contributed by atoms with Crippen molar-refractivity contribution in [1.29, 1.82) is 0 Å². The van der Waals surface area contributed by atoms with Crippen LogP contribution in [-0.4, -0.2) is 31.5 Å². The van der Waals surface area contributed by atoms with E-state index in [1.54, 1.807) is 7.11 Å². The summed E-state index contributed by atoms with van der Waals surface area (Å²) in [5.74, 6) is 0.721. The fraction of sp³-hybridized carbons (Fsp3) is 0.538. The molecular formula is C13H19NO3. The second-order valence-corrected chi connectivity index (χ2v) is 4.54. The first-order chi connectivity index (χ1) is 8.15. The Labute approximate surface area is 101 Å². The summed E-state index contributed by atoms with van der Waals surface area (Å²) in [6, 6.07) is 7.65. The highest BCUT2D eigenvalue weighted by atomic mass is 16.5. The fourth-order valence-corrected chi connectivity index (χ4v) is 2.24. The van der Waals surface area contributed by atoms with Crippen molar-refractivity contribution in [2.24, 2.45) is 5.73 Å². The van der Waals surface area contributed by atoms with Gasteiger partial charge < -0.3 is 20.3 Å². The Morgan fingerprint density at radius 2 is 2.06 bits per heavy atom. The van der Waals surface area contributed by atoms with Gasteiger partial charge in [0.2, 0.25) is 0 Å². The van der Waals surface area contributed by atoms with E-state index in [-0.39, 0.29) is 6.04 Å². The normalized spacial score (nSPS) is 27.6. The minimum atomic E-state index is -0.816. The van der Waals surface area contributed by atoms with E-state index in [2.05, 4.69) is 0 Å². The van der Waals surface area contributed by atoms with Gasteiger partial charge in [0, 0.05) is 18.7 Å². The van der Waals surface area contributed by atoms with Crippen LogP contribution in [0.1, 0.15) is 18.4 Å². The summed E-state index contributed by atoms with van der Waals surface area (Å²) in [4.78, 5) is 0. The van der Waals surface area contributed by atoms with E-state index >= 15 is 0 Å². The van der Waals surface area contributed by atoms with Gasteiger partial charge in [0.05, 0.1) is 12.2 Å². The van der Waals surface area contributed by atoms with Crippen molar-refractivity contribution in [3.63, 3.8) is 0 Å². The second kappa shape index (κ2) is 5.04. The maximum atomic E-state index is 10.4. The lowest BCUT2D eigenvalue weighted by Gasteiger charge is -2.42. The number of para-hydroxylation sites is 1. The molecule has 1 saturated carbocycles. The summed E-state index contributed by atoms with van der Waals surface area (Å²) in [5.41, 5.74) is 5.76. The van der Waals surface area contributed by atoms with Gasteiger partial charge in [-0.05, 0) is 18.9 Å². The number of benzene rings is 1. The lowest BCUT2D eigenvalue weighted by molar-refractivity contribution is -0.0543. The quantitative estimate of drug-likeness (QED) is 0.750. The molecule has 94 valence electrons. The van der Waals surface area contributed by atoms with Gasteiger partial charge in [-0.2, -0.15) is 0 Å². The van der Waals surface area contributed by atoms with Crippen LogP contribution in [-0.2, 0) is 10.3 Å². The molecule has 0 spiro atoms. The lowest BCUT2D eigenvalue weighted by Crippen LogP contribution is -2.49. The minimum Gasteiger partial charge on any atom is -0.491 e. The van der Waals surface area contributed by atoms with E-state index in [1.165, 1.54) is 0 Å². The largest absolute Gasteiger partial charge is 0.491 e. The van der Waals surface area contributed by atoms with Gasteiger partial charge >= 0.3 is 0 Å². The molecular weight excluding hydrogens is 218 g/mol. The van der Waals surface area contributed by atoms with E-state index < -0.39 is 5.60 Å². The summed E-state index contributed by atoms with van der Waals surface area (Å²) in [5, 5.41) is 10.4. The molecule has 0 saturated heterocycles. The van der Waals surface area contributed by atoms with Crippen molar-refractivity contribution in [2.75, 3.05) is 20.3 Å². The summed E-state index contributed by atoms with van der Waals surface area (Å²) in [6.07, 6.45) is 1.19. The third kappa shape index (κ3) is 2.60. The molecule has 1 aliphatic rings. The van der Waals surface area contributed by atoms with Gasteiger partial charge in [0.25, 0.3) is 0 Å². The molecule has 0 heterocycles. The minimum absolute atomic E-state index is 0.0898. The zero-order valence-corrected chi connectivity index (χ0v) is 10.1. The molecule has 17 heavy (non-hydrogen) atoms. The summed E-state index contributed by atoms with van der Waals surface area (Å²) < 4.78 is 10.5. The number of nitrogens with two attached hydrogens (primary N) is 1. The van der Waals surface area contributed by atoms with Crippen LogP contribution >= 0.6 is 0 Å². The SMILES string of the molecule is COCCOc1ccccc1C1(O)CC(N)C1. The standard InChI is InChI=1S/C13H19NO3/c1-16-6-7-17-12-5-3-2-4-11(12)13(15)8-10(14)9-13/h2-5,10,15H,6-9,14H2,1H3. The Morgan fingerprint density at radius 3 is 2.71 bits per heavy atom. The number of methoxy groups -OCH3 is 1. The van der Waals surface area contributed by atoms with Crippen LogP contribution in [0.4, 0.5) is 0 Å². The average molecular weight is 237 g/mol. The molecule has 3 N–H and O–H groups in total. The highest BCUT2D eigenvalue weighted by Gasteiger charge is 2.43.